The number of rotatable bonds is 6. The molecule has 1 fully saturated rings. The van der Waals surface area contributed by atoms with Crippen molar-refractivity contribution in [2.45, 2.75) is 79.1 Å². The van der Waals surface area contributed by atoms with E-state index in [4.69, 9.17) is 14.0 Å². The van der Waals surface area contributed by atoms with Crippen LogP contribution in [0.3, 0.4) is 0 Å². The molecule has 184 valence electrons. The zero-order valence-corrected chi connectivity index (χ0v) is 22.7. The van der Waals surface area contributed by atoms with Crippen molar-refractivity contribution < 1.29 is 23.6 Å². The molecule has 1 saturated heterocycles. The van der Waals surface area contributed by atoms with Gasteiger partial charge in [0.1, 0.15) is 0 Å². The molecule has 0 aromatic heterocycles. The standard InChI is InChI=1S/C27H41O5P/c1-16(2)20-13-21(17(3)4)24(22(14-20)18(5)6)33(12-10-11-19(7)15-33)25(27(29)31-9)23(32-33)26(28)30-8/h13-14,16-19H,10-12,15H2,1-9H3/t19-/m1/s1. The summed E-state index contributed by atoms with van der Waals surface area (Å²) in [7, 11) is 2.71. The van der Waals surface area contributed by atoms with Crippen LogP contribution in [0, 0.1) is 5.92 Å². The Balaban J connectivity index is 2.52. The van der Waals surface area contributed by atoms with Crippen molar-refractivity contribution in [2.24, 2.45) is 5.92 Å². The molecule has 0 unspecified atom stereocenters. The molecule has 0 bridgehead atoms. The van der Waals surface area contributed by atoms with Gasteiger partial charge in [0.25, 0.3) is 0 Å². The van der Waals surface area contributed by atoms with Crippen molar-refractivity contribution in [3.05, 3.63) is 39.9 Å². The van der Waals surface area contributed by atoms with Crippen LogP contribution in [0.25, 0.3) is 0 Å². The number of ether oxygens (including phenoxy) is 2. The Bertz CT molecular complexity index is 963. The Morgan fingerprint density at radius 2 is 1.48 bits per heavy atom. The summed E-state index contributed by atoms with van der Waals surface area (Å²) < 4.78 is 17.1. The van der Waals surface area contributed by atoms with Gasteiger partial charge in [-0.2, -0.15) is 0 Å². The summed E-state index contributed by atoms with van der Waals surface area (Å²) >= 11 is 0. The van der Waals surface area contributed by atoms with Gasteiger partial charge in [0, 0.05) is 0 Å². The molecule has 5 nitrogen and oxygen atoms in total. The fourth-order valence-electron chi connectivity index (χ4n) is 5.91. The molecule has 1 spiro atoms. The Morgan fingerprint density at radius 3 is 1.91 bits per heavy atom. The molecule has 0 aliphatic carbocycles. The second-order valence-corrected chi connectivity index (χ2v) is 15.5. The molecule has 3 rings (SSSR count). The van der Waals surface area contributed by atoms with Gasteiger partial charge in [0.05, 0.1) is 0 Å². The number of hydrogen-bond acceptors (Lipinski definition) is 5. The monoisotopic (exact) mass is 476 g/mol. The number of benzene rings is 1. The van der Waals surface area contributed by atoms with E-state index in [0.29, 0.717) is 17.2 Å². The molecule has 1 atom stereocenters. The maximum atomic E-state index is 13.4. The first-order chi connectivity index (χ1) is 15.4. The summed E-state index contributed by atoms with van der Waals surface area (Å²) in [6, 6.07) is 4.62. The van der Waals surface area contributed by atoms with Crippen molar-refractivity contribution in [3.63, 3.8) is 0 Å². The van der Waals surface area contributed by atoms with Crippen molar-refractivity contribution in [2.75, 3.05) is 26.5 Å². The van der Waals surface area contributed by atoms with E-state index in [-0.39, 0.29) is 17.6 Å². The minimum atomic E-state index is -3.46. The van der Waals surface area contributed by atoms with Crippen molar-refractivity contribution in [3.8, 4) is 0 Å². The van der Waals surface area contributed by atoms with Crippen molar-refractivity contribution >= 4 is 24.1 Å². The average molecular weight is 477 g/mol. The van der Waals surface area contributed by atoms with Crippen LogP contribution < -0.4 is 5.30 Å². The molecular weight excluding hydrogens is 435 g/mol. The maximum absolute atomic E-state index is 13.4. The van der Waals surface area contributed by atoms with E-state index < -0.39 is 18.8 Å². The number of esters is 2. The zero-order chi connectivity index (χ0) is 24.7. The van der Waals surface area contributed by atoms with Gasteiger partial charge in [-0.1, -0.05) is 0 Å². The van der Waals surface area contributed by atoms with Crippen LogP contribution in [-0.2, 0) is 23.6 Å². The van der Waals surface area contributed by atoms with Crippen LogP contribution in [0.15, 0.2) is 23.2 Å². The molecule has 1 aromatic rings. The topological polar surface area (TPSA) is 61.8 Å². The normalized spacial score (nSPS) is 22.5. The van der Waals surface area contributed by atoms with Crippen molar-refractivity contribution in [1.82, 2.24) is 0 Å². The molecule has 0 amide bonds. The fourth-order valence-corrected chi connectivity index (χ4v) is 13.3. The van der Waals surface area contributed by atoms with Gasteiger partial charge in [-0.25, -0.2) is 0 Å². The van der Waals surface area contributed by atoms with E-state index in [9.17, 15) is 9.59 Å². The first-order valence-electron chi connectivity index (χ1n) is 12.2. The molecular formula is C27H41O5P. The number of carbonyl (C=O) groups is 2. The van der Waals surface area contributed by atoms with E-state index in [0.717, 1.165) is 25.2 Å². The second-order valence-electron chi connectivity index (χ2n) is 10.8. The van der Waals surface area contributed by atoms with Gasteiger partial charge in [-0.3, -0.25) is 0 Å². The predicted octanol–water partition coefficient (Wildman–Crippen LogP) is 6.17. The molecule has 0 N–H and O–H groups in total. The number of methoxy groups -OCH3 is 2. The van der Waals surface area contributed by atoms with Gasteiger partial charge in [-0.15, -0.1) is 0 Å². The predicted molar refractivity (Wildman–Crippen MR) is 136 cm³/mol. The van der Waals surface area contributed by atoms with Crippen LogP contribution in [0.1, 0.15) is 95.8 Å². The van der Waals surface area contributed by atoms with E-state index in [2.05, 4.69) is 60.6 Å². The molecule has 2 aliphatic rings. The molecule has 0 saturated carbocycles. The summed E-state index contributed by atoms with van der Waals surface area (Å²) in [5, 5.41) is 1.65. The molecule has 0 radical (unpaired) electrons. The van der Waals surface area contributed by atoms with Crippen LogP contribution in [0.2, 0.25) is 0 Å². The molecule has 2 heterocycles. The van der Waals surface area contributed by atoms with Gasteiger partial charge >= 0.3 is 199 Å². The Kier molecular flexibility index (Phi) is 7.07. The van der Waals surface area contributed by atoms with Gasteiger partial charge < -0.3 is 0 Å². The third-order valence-electron chi connectivity index (χ3n) is 7.44. The summed E-state index contributed by atoms with van der Waals surface area (Å²) in [5.41, 5.74) is 3.77. The zero-order valence-electron chi connectivity index (χ0n) is 21.8. The van der Waals surface area contributed by atoms with Gasteiger partial charge in [0.15, 0.2) is 0 Å². The van der Waals surface area contributed by atoms with E-state index in [1.807, 2.05) is 0 Å². The summed E-state index contributed by atoms with van der Waals surface area (Å²) in [6.45, 7) is 12.0. The van der Waals surface area contributed by atoms with Gasteiger partial charge in [0.2, 0.25) is 0 Å². The Morgan fingerprint density at radius 1 is 0.939 bits per heavy atom. The molecule has 6 heteroatoms. The Labute approximate surface area is 199 Å². The van der Waals surface area contributed by atoms with Crippen LogP contribution in [0.5, 0.6) is 0 Å². The van der Waals surface area contributed by atoms with Crippen LogP contribution in [-0.4, -0.2) is 38.5 Å². The number of carbonyl (C=O) groups excluding carboxylic acids is 2. The first-order valence-corrected chi connectivity index (χ1v) is 14.8. The van der Waals surface area contributed by atoms with Crippen LogP contribution in [0.4, 0.5) is 0 Å². The SMILES string of the molecule is COC(=O)C1=C(C(=O)OC)P2(c3c(C(C)C)cc(C(C)C)cc3C(C)C)(CCC[C@@H](C)C2)O1. The van der Waals surface area contributed by atoms with E-state index >= 15 is 0 Å². The quantitative estimate of drug-likeness (QED) is 0.363. The summed E-state index contributed by atoms with van der Waals surface area (Å²) in [5.74, 6) is 0.250. The average Bonchev–Trinajstić information content (AvgIpc) is 2.75. The molecule has 1 aromatic carbocycles. The van der Waals surface area contributed by atoms with E-state index in [1.54, 1.807) is 0 Å². The number of hydrogen-bond donors (Lipinski definition) is 0. The first kappa shape index (κ1) is 25.7. The second kappa shape index (κ2) is 9.06. The van der Waals surface area contributed by atoms with E-state index in [1.165, 1.54) is 36.2 Å². The van der Waals surface area contributed by atoms with Crippen LogP contribution >= 0.6 is 6.83 Å². The minimum absolute atomic E-state index is 0.0495. The molecule has 33 heavy (non-hydrogen) atoms. The third kappa shape index (κ3) is 3.91. The molecule has 2 aliphatic heterocycles. The van der Waals surface area contributed by atoms with Crippen molar-refractivity contribution in [1.29, 1.82) is 0 Å². The summed E-state index contributed by atoms with van der Waals surface area (Å²) in [6.07, 6.45) is 3.56. The fraction of sp³-hybridized carbons (Fsp3) is 0.630. The Hall–Kier alpha value is -1.87. The van der Waals surface area contributed by atoms with Gasteiger partial charge in [-0.05, 0) is 0 Å². The third-order valence-corrected chi connectivity index (χ3v) is 13.7. The summed E-state index contributed by atoms with van der Waals surface area (Å²) in [4.78, 5) is 26.1.